The fraction of sp³-hybridized carbons (Fsp3) is 0.667. The number of thiophene rings is 3. The molecule has 2 nitrogen and oxygen atoms in total. The molecular weight excluding hydrogens is 667 g/mol. The van der Waals surface area contributed by atoms with E-state index in [0.717, 1.165) is 36.9 Å². The van der Waals surface area contributed by atoms with E-state index in [4.69, 9.17) is 0 Å². The molecule has 3 aromatic rings. The van der Waals surface area contributed by atoms with E-state index < -0.39 is 13.3 Å². The van der Waals surface area contributed by atoms with Gasteiger partial charge in [-0.05, 0) is 0 Å². The molecule has 2 aliphatic heterocycles. The van der Waals surface area contributed by atoms with E-state index in [2.05, 4.69) is 76.8 Å². The van der Waals surface area contributed by atoms with Crippen molar-refractivity contribution in [1.29, 1.82) is 0 Å². The number of unbranched alkanes of at least 4 members (excludes halogenated alkanes) is 6. The molecule has 45 heavy (non-hydrogen) atoms. The minimum absolute atomic E-state index is 0.296. The van der Waals surface area contributed by atoms with Crippen molar-refractivity contribution in [2.45, 2.75) is 149 Å². The van der Waals surface area contributed by atoms with Gasteiger partial charge in [0.2, 0.25) is 0 Å². The third-order valence-corrected chi connectivity index (χ3v) is 26.8. The zero-order valence-corrected chi connectivity index (χ0v) is 34.0. The number of carbonyl (C=O) groups excluding carboxylic acids is 1. The Morgan fingerprint density at radius 2 is 1.33 bits per heavy atom. The van der Waals surface area contributed by atoms with Crippen LogP contribution < -0.4 is 8.79 Å². The normalized spacial score (nSPS) is 18.5. The summed E-state index contributed by atoms with van der Waals surface area (Å²) in [6, 6.07) is 5.33. The first-order chi connectivity index (χ1) is 21.8. The molecule has 5 heterocycles. The molecule has 0 aromatic carbocycles. The second-order valence-corrected chi connectivity index (χ2v) is 26.3. The van der Waals surface area contributed by atoms with Gasteiger partial charge in [0, 0.05) is 0 Å². The Morgan fingerprint density at radius 1 is 0.733 bits per heavy atom. The molecule has 1 amide bonds. The summed E-state index contributed by atoms with van der Waals surface area (Å²) in [4.78, 5) is 24.9. The number of amides is 1. The summed E-state index contributed by atoms with van der Waals surface area (Å²) in [6.07, 6.45) is 16.9. The first kappa shape index (κ1) is 35.4. The number of hydrogen-bond acceptors (Lipinski definition) is 4. The molecule has 248 valence electrons. The molecule has 0 N–H and O–H groups in total. The van der Waals surface area contributed by atoms with Crippen LogP contribution in [0.15, 0.2) is 12.1 Å². The molecule has 0 spiro atoms. The van der Waals surface area contributed by atoms with Crippen LogP contribution in [0.5, 0.6) is 0 Å². The number of fused-ring (bicyclic) bond motifs is 4. The first-order valence-electron chi connectivity index (χ1n) is 18.5. The van der Waals surface area contributed by atoms with Crippen LogP contribution in [0.25, 0.3) is 19.5 Å². The number of hydrogen-bond donors (Lipinski definition) is 0. The van der Waals surface area contributed by atoms with Gasteiger partial charge in [-0.1, -0.05) is 13.3 Å². The predicted octanol–water partition coefficient (Wildman–Crippen LogP) is 12.1. The molecule has 6 heteroatoms. The van der Waals surface area contributed by atoms with Crippen molar-refractivity contribution in [1.82, 2.24) is 4.90 Å². The van der Waals surface area contributed by atoms with Crippen LogP contribution in [0.4, 0.5) is 0 Å². The van der Waals surface area contributed by atoms with Gasteiger partial charge in [0.25, 0.3) is 0 Å². The molecule has 2 atom stereocenters. The average molecular weight is 727 g/mol. The Balaban J connectivity index is 1.54. The van der Waals surface area contributed by atoms with Crippen molar-refractivity contribution in [3.63, 3.8) is 0 Å². The topological polar surface area (TPSA) is 20.3 Å². The third kappa shape index (κ3) is 7.27. The molecule has 2 aliphatic rings. The maximum absolute atomic E-state index is 13.9. The maximum atomic E-state index is 13.9. The summed E-state index contributed by atoms with van der Waals surface area (Å²) in [5.41, 5.74) is 2.37. The van der Waals surface area contributed by atoms with Crippen molar-refractivity contribution < 1.29 is 4.79 Å². The van der Waals surface area contributed by atoms with E-state index in [1.54, 1.807) is 14.2 Å². The van der Waals surface area contributed by atoms with Crippen LogP contribution in [0.3, 0.4) is 0 Å². The van der Waals surface area contributed by atoms with Gasteiger partial charge < -0.3 is 0 Å². The first-order valence-corrected chi connectivity index (χ1v) is 26.0. The zero-order chi connectivity index (χ0) is 32.1. The molecule has 0 bridgehead atoms. The molecule has 5 rings (SSSR count). The van der Waals surface area contributed by atoms with Crippen LogP contribution >= 0.6 is 34.0 Å². The Morgan fingerprint density at radius 3 is 1.96 bits per heavy atom. The van der Waals surface area contributed by atoms with Gasteiger partial charge in [-0.3, -0.25) is 0 Å². The van der Waals surface area contributed by atoms with Crippen LogP contribution in [0, 0.1) is 25.7 Å². The van der Waals surface area contributed by atoms with E-state index in [9.17, 15) is 4.79 Å². The number of aryl methyl sites for hydroxylation is 2. The Labute approximate surface area is 289 Å². The molecule has 0 fully saturated rings. The van der Waals surface area contributed by atoms with Gasteiger partial charge in [-0.25, -0.2) is 0 Å². The summed E-state index contributed by atoms with van der Waals surface area (Å²) in [5, 5.41) is 2.91. The van der Waals surface area contributed by atoms with Gasteiger partial charge in [0.1, 0.15) is 0 Å². The van der Waals surface area contributed by atoms with Gasteiger partial charge in [-0.15, -0.1) is 0 Å². The van der Waals surface area contributed by atoms with Crippen LogP contribution in [0.2, 0.25) is 10.5 Å². The van der Waals surface area contributed by atoms with Gasteiger partial charge in [-0.2, -0.15) is 0 Å². The van der Waals surface area contributed by atoms with Crippen LogP contribution in [-0.4, -0.2) is 30.6 Å². The quantitative estimate of drug-likeness (QED) is 0.0890. The summed E-state index contributed by atoms with van der Waals surface area (Å²) >= 11 is 3.31. The molecule has 2 unspecified atom stereocenters. The SMILES string of the molecule is CCCCCCCN1Cc2c(C)sc(-c3c[c]4c(s3)-c3sc(C)c[c]3[Ge]4([CH2]C(CC)CCCC)[CH2]C(CC)CCCC)c2C1=O. The average Bonchev–Trinajstić information content (AvgIpc) is 3.83. The van der Waals surface area contributed by atoms with E-state index in [1.807, 2.05) is 27.1 Å². The van der Waals surface area contributed by atoms with Gasteiger partial charge in [0.05, 0.1) is 0 Å². The van der Waals surface area contributed by atoms with Gasteiger partial charge in [0.15, 0.2) is 0 Å². The van der Waals surface area contributed by atoms with Crippen molar-refractivity contribution in [2.75, 3.05) is 6.54 Å². The fourth-order valence-corrected chi connectivity index (χ4v) is 28.4. The number of carbonyl (C=O) groups is 1. The minimum atomic E-state index is -2.71. The van der Waals surface area contributed by atoms with Crippen molar-refractivity contribution >= 4 is 62.0 Å². The second-order valence-electron chi connectivity index (χ2n) is 14.3. The van der Waals surface area contributed by atoms with Crippen LogP contribution in [-0.2, 0) is 6.54 Å². The van der Waals surface area contributed by atoms with Gasteiger partial charge >= 0.3 is 278 Å². The van der Waals surface area contributed by atoms with E-state index >= 15 is 0 Å². The second kappa shape index (κ2) is 16.0. The number of nitrogens with zero attached hydrogens (tertiary/aromatic N) is 1. The summed E-state index contributed by atoms with van der Waals surface area (Å²) in [6.45, 7) is 18.2. The van der Waals surface area contributed by atoms with E-state index in [0.29, 0.717) is 5.91 Å². The summed E-state index contributed by atoms with van der Waals surface area (Å²) in [7, 11) is 0. The standard InChI is InChI=1S/C39H59GeNOS3/c1-8-13-16-17-18-21-41-26-31-28(7)44-38(35(31)39(41)42)34-23-33-37(45-34)36-32(22-27(6)43-36)40(33,24-29(11-4)19-14-9-2)25-30(12-5)20-15-10-3/h22-23,29-30H,8-21,24-26H2,1-7H3. The molecule has 0 saturated carbocycles. The number of rotatable bonds is 19. The Kier molecular flexibility index (Phi) is 12.6. The summed E-state index contributed by atoms with van der Waals surface area (Å²) < 4.78 is 3.62. The van der Waals surface area contributed by atoms with Crippen molar-refractivity contribution in [3.8, 4) is 19.5 Å². The molecular formula is C39H59GeNOS3. The zero-order valence-electron chi connectivity index (χ0n) is 29.4. The van der Waals surface area contributed by atoms with Crippen molar-refractivity contribution in [3.05, 3.63) is 33.0 Å². The molecule has 3 aromatic heterocycles. The van der Waals surface area contributed by atoms with Crippen LogP contribution in [0.1, 0.15) is 144 Å². The molecule has 0 saturated heterocycles. The molecule has 0 radical (unpaired) electrons. The predicted molar refractivity (Wildman–Crippen MR) is 205 cm³/mol. The van der Waals surface area contributed by atoms with E-state index in [1.165, 1.54) is 113 Å². The van der Waals surface area contributed by atoms with E-state index in [-0.39, 0.29) is 0 Å². The summed E-state index contributed by atoms with van der Waals surface area (Å²) in [5.74, 6) is 1.96. The Bertz CT molecular complexity index is 1410. The van der Waals surface area contributed by atoms with Crippen molar-refractivity contribution in [2.24, 2.45) is 11.8 Å². The Hall–Kier alpha value is -0.887. The fourth-order valence-electron chi connectivity index (χ4n) is 8.28. The third-order valence-electron chi connectivity index (χ3n) is 11.0. The monoisotopic (exact) mass is 727 g/mol. The molecule has 0 aliphatic carbocycles.